The van der Waals surface area contributed by atoms with Crippen molar-refractivity contribution in [2.24, 2.45) is 0 Å². The number of aromatic nitrogens is 2. The fourth-order valence-corrected chi connectivity index (χ4v) is 4.88. The van der Waals surface area contributed by atoms with Crippen molar-refractivity contribution in [2.75, 3.05) is 26.3 Å². The van der Waals surface area contributed by atoms with E-state index >= 15 is 0 Å². The highest BCUT2D eigenvalue weighted by molar-refractivity contribution is 7.18. The SMILES string of the molecule is CC(OC(=O)Cn1cnc2scc(-c3cccs3)c2c1=O)C(=O)N1CCOCC1. The van der Waals surface area contributed by atoms with E-state index in [1.807, 2.05) is 22.9 Å². The van der Waals surface area contributed by atoms with Gasteiger partial charge in [0, 0.05) is 28.9 Å². The van der Waals surface area contributed by atoms with E-state index in [-0.39, 0.29) is 18.0 Å². The summed E-state index contributed by atoms with van der Waals surface area (Å²) >= 11 is 2.93. The first-order chi connectivity index (χ1) is 14.0. The zero-order valence-corrected chi connectivity index (χ0v) is 17.3. The van der Waals surface area contributed by atoms with Gasteiger partial charge < -0.3 is 14.4 Å². The number of nitrogens with zero attached hydrogens (tertiary/aromatic N) is 3. The zero-order chi connectivity index (χ0) is 20.4. The Bertz CT molecular complexity index is 1080. The molecule has 1 saturated heterocycles. The number of fused-ring (bicyclic) bond motifs is 1. The first kappa shape index (κ1) is 19.7. The van der Waals surface area contributed by atoms with Crippen molar-refractivity contribution in [2.45, 2.75) is 19.6 Å². The number of carbonyl (C=O) groups is 2. The first-order valence-corrected chi connectivity index (χ1v) is 10.9. The number of morpholine rings is 1. The van der Waals surface area contributed by atoms with Crippen LogP contribution >= 0.6 is 22.7 Å². The summed E-state index contributed by atoms with van der Waals surface area (Å²) in [6.07, 6.45) is 0.422. The number of amides is 1. The molecule has 29 heavy (non-hydrogen) atoms. The molecular formula is C19H19N3O5S2. The van der Waals surface area contributed by atoms with Crippen molar-refractivity contribution < 1.29 is 19.1 Å². The molecule has 0 bridgehead atoms. The van der Waals surface area contributed by atoms with Gasteiger partial charge in [-0.05, 0) is 18.4 Å². The van der Waals surface area contributed by atoms with Crippen molar-refractivity contribution in [1.29, 1.82) is 0 Å². The van der Waals surface area contributed by atoms with Crippen LogP contribution in [0.4, 0.5) is 0 Å². The summed E-state index contributed by atoms with van der Waals surface area (Å²) in [4.78, 5) is 45.2. The molecule has 0 saturated carbocycles. The molecule has 0 spiro atoms. The summed E-state index contributed by atoms with van der Waals surface area (Å²) in [7, 11) is 0. The number of rotatable bonds is 5. The predicted octanol–water partition coefficient (Wildman–Crippen LogP) is 1.98. The Labute approximate surface area is 174 Å². The lowest BCUT2D eigenvalue weighted by molar-refractivity contribution is -0.161. The Kier molecular flexibility index (Phi) is 5.74. The predicted molar refractivity (Wildman–Crippen MR) is 110 cm³/mol. The standard InChI is InChI=1S/C19H19N3O5S2/c1-12(18(24)21-4-6-26-7-5-21)27-15(23)9-22-11-20-17-16(19(22)25)13(10-29-17)14-3-2-8-28-14/h2-3,8,10-12H,4-7,9H2,1H3. The van der Waals surface area contributed by atoms with Crippen LogP contribution in [0.1, 0.15) is 6.92 Å². The lowest BCUT2D eigenvalue weighted by Crippen LogP contribution is -2.46. The van der Waals surface area contributed by atoms with Crippen LogP contribution in [0.3, 0.4) is 0 Å². The second kappa shape index (κ2) is 8.44. The van der Waals surface area contributed by atoms with Crippen molar-refractivity contribution >= 4 is 44.8 Å². The minimum Gasteiger partial charge on any atom is -0.451 e. The van der Waals surface area contributed by atoms with E-state index in [4.69, 9.17) is 9.47 Å². The fraction of sp³-hybridized carbons (Fsp3) is 0.368. The summed E-state index contributed by atoms with van der Waals surface area (Å²) in [6.45, 7) is 3.13. The van der Waals surface area contributed by atoms with Gasteiger partial charge in [-0.3, -0.25) is 19.0 Å². The highest BCUT2D eigenvalue weighted by Gasteiger charge is 2.25. The topological polar surface area (TPSA) is 90.7 Å². The molecule has 4 heterocycles. The molecule has 0 N–H and O–H groups in total. The first-order valence-electron chi connectivity index (χ1n) is 9.11. The highest BCUT2D eigenvalue weighted by atomic mass is 32.1. The molecule has 1 fully saturated rings. The molecule has 4 rings (SSSR count). The van der Waals surface area contributed by atoms with Crippen LogP contribution in [0.2, 0.25) is 0 Å². The van der Waals surface area contributed by atoms with Crippen LogP contribution in [-0.4, -0.2) is 58.7 Å². The summed E-state index contributed by atoms with van der Waals surface area (Å²) in [5, 5.41) is 4.33. The van der Waals surface area contributed by atoms with E-state index in [1.54, 1.807) is 4.90 Å². The number of ether oxygens (including phenoxy) is 2. The lowest BCUT2D eigenvalue weighted by atomic mass is 10.2. The number of hydrogen-bond donors (Lipinski definition) is 0. The lowest BCUT2D eigenvalue weighted by Gasteiger charge is -2.28. The molecule has 10 heteroatoms. The van der Waals surface area contributed by atoms with Gasteiger partial charge in [0.15, 0.2) is 6.10 Å². The van der Waals surface area contributed by atoms with Gasteiger partial charge in [0.25, 0.3) is 11.5 Å². The molecule has 1 aliphatic heterocycles. The summed E-state index contributed by atoms with van der Waals surface area (Å²) in [5.74, 6) is -0.921. The second-order valence-corrected chi connectivity index (χ2v) is 8.36. The third-order valence-corrected chi connectivity index (χ3v) is 6.42. The smallest absolute Gasteiger partial charge is 0.326 e. The molecule has 1 amide bonds. The Hall–Kier alpha value is -2.56. The van der Waals surface area contributed by atoms with E-state index in [9.17, 15) is 14.4 Å². The molecule has 0 aliphatic carbocycles. The van der Waals surface area contributed by atoms with Crippen LogP contribution in [0.5, 0.6) is 0 Å². The summed E-state index contributed by atoms with van der Waals surface area (Å²) < 4.78 is 11.7. The van der Waals surface area contributed by atoms with E-state index in [0.717, 1.165) is 10.4 Å². The molecule has 152 valence electrons. The van der Waals surface area contributed by atoms with Crippen LogP contribution in [0, 0.1) is 0 Å². The van der Waals surface area contributed by atoms with E-state index < -0.39 is 12.1 Å². The summed E-state index contributed by atoms with van der Waals surface area (Å²) in [5.41, 5.74) is 0.514. The van der Waals surface area contributed by atoms with E-state index in [0.29, 0.717) is 36.5 Å². The molecule has 3 aromatic rings. The monoisotopic (exact) mass is 433 g/mol. The minimum atomic E-state index is -0.921. The highest BCUT2D eigenvalue weighted by Crippen LogP contribution is 2.33. The number of carbonyl (C=O) groups excluding carboxylic acids is 2. The van der Waals surface area contributed by atoms with Crippen LogP contribution in [0.15, 0.2) is 34.0 Å². The van der Waals surface area contributed by atoms with Crippen LogP contribution in [-0.2, 0) is 25.6 Å². The maximum absolute atomic E-state index is 12.9. The van der Waals surface area contributed by atoms with Gasteiger partial charge in [-0.25, -0.2) is 4.98 Å². The largest absolute Gasteiger partial charge is 0.451 e. The van der Waals surface area contributed by atoms with Gasteiger partial charge in [0.05, 0.1) is 24.9 Å². The van der Waals surface area contributed by atoms with Crippen molar-refractivity contribution in [1.82, 2.24) is 14.5 Å². The maximum Gasteiger partial charge on any atom is 0.326 e. The Morgan fingerprint density at radius 3 is 2.83 bits per heavy atom. The van der Waals surface area contributed by atoms with Crippen molar-refractivity contribution in [3.63, 3.8) is 0 Å². The van der Waals surface area contributed by atoms with E-state index in [2.05, 4.69) is 4.98 Å². The Morgan fingerprint density at radius 1 is 1.31 bits per heavy atom. The molecule has 1 atom stereocenters. The van der Waals surface area contributed by atoms with Gasteiger partial charge in [0.2, 0.25) is 0 Å². The van der Waals surface area contributed by atoms with Crippen LogP contribution in [0.25, 0.3) is 20.7 Å². The number of hydrogen-bond acceptors (Lipinski definition) is 8. The molecule has 0 aromatic carbocycles. The molecular weight excluding hydrogens is 414 g/mol. The zero-order valence-electron chi connectivity index (χ0n) is 15.7. The average molecular weight is 434 g/mol. The Morgan fingerprint density at radius 2 is 2.10 bits per heavy atom. The molecule has 8 nitrogen and oxygen atoms in total. The maximum atomic E-state index is 12.9. The fourth-order valence-electron chi connectivity index (χ4n) is 3.16. The third kappa shape index (κ3) is 4.09. The number of thiophene rings is 2. The molecule has 1 unspecified atom stereocenters. The van der Waals surface area contributed by atoms with Gasteiger partial charge in [-0.2, -0.15) is 0 Å². The second-order valence-electron chi connectivity index (χ2n) is 6.55. The van der Waals surface area contributed by atoms with Gasteiger partial charge in [-0.1, -0.05) is 6.07 Å². The average Bonchev–Trinajstić information content (AvgIpc) is 3.40. The quantitative estimate of drug-likeness (QED) is 0.572. The van der Waals surface area contributed by atoms with Gasteiger partial charge >= 0.3 is 5.97 Å². The van der Waals surface area contributed by atoms with Gasteiger partial charge in [0.1, 0.15) is 11.4 Å². The molecule has 1 aliphatic rings. The molecule has 0 radical (unpaired) electrons. The third-order valence-electron chi connectivity index (χ3n) is 4.63. The van der Waals surface area contributed by atoms with E-state index in [1.165, 1.54) is 40.5 Å². The van der Waals surface area contributed by atoms with Crippen LogP contribution < -0.4 is 5.56 Å². The number of esters is 1. The molecule has 3 aromatic heterocycles. The summed E-state index contributed by atoms with van der Waals surface area (Å²) in [6, 6.07) is 3.86. The minimum absolute atomic E-state index is 0.264. The normalized spacial score (nSPS) is 15.4. The van der Waals surface area contributed by atoms with Crippen molar-refractivity contribution in [3.8, 4) is 10.4 Å². The van der Waals surface area contributed by atoms with Gasteiger partial charge in [-0.15, -0.1) is 22.7 Å². The van der Waals surface area contributed by atoms with Crippen molar-refractivity contribution in [3.05, 3.63) is 39.6 Å². The Balaban J connectivity index is 1.49.